The van der Waals surface area contributed by atoms with E-state index in [-0.39, 0.29) is 16.7 Å². The van der Waals surface area contributed by atoms with Crippen LogP contribution in [0.3, 0.4) is 0 Å². The van der Waals surface area contributed by atoms with Crippen LogP contribution in [-0.2, 0) is 6.42 Å². The van der Waals surface area contributed by atoms with Gasteiger partial charge in [0.15, 0.2) is 16.7 Å². The Morgan fingerprint density at radius 1 is 1.29 bits per heavy atom. The Morgan fingerprint density at radius 2 is 2.00 bits per heavy atom. The minimum absolute atomic E-state index is 0.0678. The normalized spacial score (nSPS) is 14.8. The molecule has 0 aliphatic carbocycles. The quantitative estimate of drug-likeness (QED) is 0.762. The molecule has 3 rings (SSSR count). The number of hydrogen-bond donors (Lipinski definition) is 2. The summed E-state index contributed by atoms with van der Waals surface area (Å²) in [5.74, 6) is 0.369. The number of anilines is 3. The molecule has 0 spiro atoms. The number of ether oxygens (including phenoxy) is 1. The van der Waals surface area contributed by atoms with E-state index in [9.17, 15) is 4.79 Å². The zero-order chi connectivity index (χ0) is 20.3. The maximum absolute atomic E-state index is 11.8. The molecule has 1 aliphatic rings. The Balaban J connectivity index is 1.94. The summed E-state index contributed by atoms with van der Waals surface area (Å²) in [5, 5.41) is 3.39. The van der Waals surface area contributed by atoms with Gasteiger partial charge in [-0.1, -0.05) is 18.5 Å². The highest BCUT2D eigenvalue weighted by Gasteiger charge is 2.20. The number of nitrogens with one attached hydrogen (secondary N) is 1. The molecule has 0 radical (unpaired) electrons. The smallest absolute Gasteiger partial charge is 0.271 e. The summed E-state index contributed by atoms with van der Waals surface area (Å²) in [6.07, 6.45) is 0.558. The fraction of sp³-hybridized carbons (Fsp3) is 0.421. The summed E-state index contributed by atoms with van der Waals surface area (Å²) < 4.78 is 5.54. The molecule has 0 unspecified atom stereocenters. The molecule has 8 nitrogen and oxygen atoms in total. The van der Waals surface area contributed by atoms with Crippen molar-refractivity contribution in [2.24, 2.45) is 5.73 Å². The second-order valence-electron chi connectivity index (χ2n) is 6.68. The van der Waals surface area contributed by atoms with E-state index in [1.807, 2.05) is 25.1 Å². The number of primary amides is 1. The van der Waals surface area contributed by atoms with Crippen molar-refractivity contribution in [2.45, 2.75) is 13.3 Å². The van der Waals surface area contributed by atoms with Crippen LogP contribution >= 0.6 is 11.6 Å². The number of hydrogen-bond acceptors (Lipinski definition) is 7. The van der Waals surface area contributed by atoms with Gasteiger partial charge in [-0.3, -0.25) is 4.79 Å². The topological polar surface area (TPSA) is 96.6 Å². The largest absolute Gasteiger partial charge is 0.495 e. The monoisotopic (exact) mass is 404 g/mol. The first kappa shape index (κ1) is 20.2. The van der Waals surface area contributed by atoms with Crippen LogP contribution in [0.2, 0.25) is 5.15 Å². The van der Waals surface area contributed by atoms with E-state index in [0.717, 1.165) is 43.3 Å². The van der Waals surface area contributed by atoms with Gasteiger partial charge in [-0.2, -0.15) is 0 Å². The third-order valence-corrected chi connectivity index (χ3v) is 5.08. The van der Waals surface area contributed by atoms with Gasteiger partial charge in [0, 0.05) is 31.9 Å². The Labute approximate surface area is 169 Å². The van der Waals surface area contributed by atoms with Crippen LogP contribution in [0.1, 0.15) is 23.1 Å². The zero-order valence-corrected chi connectivity index (χ0v) is 17.1. The lowest BCUT2D eigenvalue weighted by Gasteiger charge is -2.35. The van der Waals surface area contributed by atoms with Gasteiger partial charge in [-0.15, -0.1) is 0 Å². The number of nitrogens with two attached hydrogens (primary N) is 1. The number of aromatic nitrogens is 2. The number of likely N-dealkylation sites (N-methyl/N-ethyl adjacent to an activating group) is 1. The molecule has 1 aliphatic heterocycles. The molecule has 1 saturated heterocycles. The number of carbonyl (C=O) groups is 1. The van der Waals surface area contributed by atoms with Crippen molar-refractivity contribution < 1.29 is 9.53 Å². The molecule has 1 fully saturated rings. The standard InChI is InChI=1S/C19H25ClN6O2/c1-4-13-17(20)24-19(16(23-13)18(21)27)22-12-5-6-15(28-3)14(11-12)26-9-7-25(2)8-10-26/h5-6,11H,4,7-10H2,1-3H3,(H2,21,27)(H,22,24). The first-order valence-electron chi connectivity index (χ1n) is 9.17. The second-order valence-corrected chi connectivity index (χ2v) is 7.04. The van der Waals surface area contributed by atoms with Crippen LogP contribution in [0.15, 0.2) is 18.2 Å². The van der Waals surface area contributed by atoms with Gasteiger partial charge in [0.2, 0.25) is 0 Å². The highest BCUT2D eigenvalue weighted by Crippen LogP contribution is 2.33. The van der Waals surface area contributed by atoms with Crippen LogP contribution in [0, 0.1) is 0 Å². The van der Waals surface area contributed by atoms with Crippen LogP contribution in [0.25, 0.3) is 0 Å². The number of rotatable bonds is 6. The van der Waals surface area contributed by atoms with Gasteiger partial charge >= 0.3 is 0 Å². The van der Waals surface area contributed by atoms with E-state index in [2.05, 4.69) is 32.1 Å². The van der Waals surface area contributed by atoms with E-state index >= 15 is 0 Å². The van der Waals surface area contributed by atoms with Crippen LogP contribution < -0.4 is 20.7 Å². The van der Waals surface area contributed by atoms with E-state index in [1.54, 1.807) is 7.11 Å². The van der Waals surface area contributed by atoms with E-state index in [1.165, 1.54) is 0 Å². The third kappa shape index (κ3) is 4.28. The highest BCUT2D eigenvalue weighted by molar-refractivity contribution is 6.30. The number of amides is 1. The van der Waals surface area contributed by atoms with Gasteiger partial charge in [-0.05, 0) is 31.7 Å². The van der Waals surface area contributed by atoms with Crippen molar-refractivity contribution in [1.29, 1.82) is 0 Å². The Hall–Kier alpha value is -2.58. The zero-order valence-electron chi connectivity index (χ0n) is 16.3. The van der Waals surface area contributed by atoms with Gasteiger partial charge in [0.25, 0.3) is 5.91 Å². The van der Waals surface area contributed by atoms with Crippen LogP contribution in [0.5, 0.6) is 5.75 Å². The van der Waals surface area contributed by atoms with E-state index < -0.39 is 5.91 Å². The first-order chi connectivity index (χ1) is 13.4. The lowest BCUT2D eigenvalue weighted by molar-refractivity contribution is 0.0996. The molecule has 2 heterocycles. The van der Waals surface area contributed by atoms with Crippen molar-refractivity contribution >= 4 is 34.7 Å². The predicted octanol–water partition coefficient (Wildman–Crippen LogP) is 2.30. The number of halogens is 1. The number of nitrogens with zero attached hydrogens (tertiary/aromatic N) is 4. The Morgan fingerprint density at radius 3 is 2.61 bits per heavy atom. The summed E-state index contributed by atoms with van der Waals surface area (Å²) in [6.45, 7) is 5.65. The molecule has 1 amide bonds. The number of aryl methyl sites for hydroxylation is 1. The van der Waals surface area contributed by atoms with Gasteiger partial charge in [0.05, 0.1) is 18.5 Å². The lowest BCUT2D eigenvalue weighted by atomic mass is 10.2. The van der Waals surface area contributed by atoms with E-state index in [4.69, 9.17) is 22.1 Å². The average Bonchev–Trinajstić information content (AvgIpc) is 2.68. The molecule has 0 saturated carbocycles. The molecule has 9 heteroatoms. The summed E-state index contributed by atoms with van der Waals surface area (Å²) in [6, 6.07) is 5.71. The number of methoxy groups -OCH3 is 1. The van der Waals surface area contributed by atoms with Gasteiger partial charge in [0.1, 0.15) is 5.75 Å². The van der Waals surface area contributed by atoms with Crippen LogP contribution in [-0.4, -0.2) is 61.1 Å². The van der Waals surface area contributed by atoms with Crippen molar-refractivity contribution in [3.63, 3.8) is 0 Å². The molecule has 28 heavy (non-hydrogen) atoms. The maximum Gasteiger partial charge on any atom is 0.271 e. The summed E-state index contributed by atoms with van der Waals surface area (Å²) >= 11 is 6.19. The Kier molecular flexibility index (Phi) is 6.21. The number of carbonyl (C=O) groups excluding carboxylic acids is 1. The second kappa shape index (κ2) is 8.62. The first-order valence-corrected chi connectivity index (χ1v) is 9.55. The van der Waals surface area contributed by atoms with Gasteiger partial charge in [-0.25, -0.2) is 9.97 Å². The van der Waals surface area contributed by atoms with Crippen molar-refractivity contribution in [1.82, 2.24) is 14.9 Å². The molecule has 0 bridgehead atoms. The molecule has 1 aromatic carbocycles. The van der Waals surface area contributed by atoms with Gasteiger partial charge < -0.3 is 25.6 Å². The molecule has 150 valence electrons. The third-order valence-electron chi connectivity index (χ3n) is 4.77. The summed E-state index contributed by atoms with van der Waals surface area (Å²) in [7, 11) is 3.77. The molecule has 2 aromatic rings. The fourth-order valence-electron chi connectivity index (χ4n) is 3.13. The fourth-order valence-corrected chi connectivity index (χ4v) is 3.39. The van der Waals surface area contributed by atoms with Crippen LogP contribution in [0.4, 0.5) is 17.2 Å². The molecular weight excluding hydrogens is 380 g/mol. The summed E-state index contributed by atoms with van der Waals surface area (Å²) in [5.41, 5.74) is 7.81. The highest BCUT2D eigenvalue weighted by atomic mass is 35.5. The molecular formula is C19H25ClN6O2. The Bertz CT molecular complexity index is 868. The van der Waals surface area contributed by atoms with Crippen molar-refractivity contribution in [2.75, 3.05) is 50.6 Å². The maximum atomic E-state index is 11.8. The minimum Gasteiger partial charge on any atom is -0.495 e. The molecule has 0 atom stereocenters. The average molecular weight is 405 g/mol. The predicted molar refractivity (Wildman–Crippen MR) is 111 cm³/mol. The molecule has 1 aromatic heterocycles. The minimum atomic E-state index is -0.658. The van der Waals surface area contributed by atoms with Crippen molar-refractivity contribution in [3.8, 4) is 5.75 Å². The lowest BCUT2D eigenvalue weighted by Crippen LogP contribution is -2.44. The van der Waals surface area contributed by atoms with E-state index in [0.29, 0.717) is 12.1 Å². The summed E-state index contributed by atoms with van der Waals surface area (Å²) in [4.78, 5) is 25.0. The molecule has 3 N–H and O–H groups in total. The number of piperazine rings is 1. The van der Waals surface area contributed by atoms with Crippen molar-refractivity contribution in [3.05, 3.63) is 34.7 Å². The number of benzene rings is 1. The SMILES string of the molecule is CCc1nc(C(N)=O)c(Nc2ccc(OC)c(N3CCN(C)CC3)c2)nc1Cl.